The Hall–Kier alpha value is -3.13. The Balaban J connectivity index is 1.41. The van der Waals surface area contributed by atoms with Crippen molar-refractivity contribution in [1.29, 1.82) is 0 Å². The summed E-state index contributed by atoms with van der Waals surface area (Å²) in [6.07, 6.45) is 1.14. The number of rotatable bonds is 5. The van der Waals surface area contributed by atoms with Gasteiger partial charge in [0, 0.05) is 11.3 Å². The zero-order valence-electron chi connectivity index (χ0n) is 13.7. The van der Waals surface area contributed by atoms with Gasteiger partial charge in [0.2, 0.25) is 5.89 Å². The number of benzene rings is 1. The maximum Gasteiger partial charge on any atom is 0.414 e. The first kappa shape index (κ1) is 16.3. The number of hydrogen-bond donors (Lipinski definition) is 1. The van der Waals surface area contributed by atoms with Crippen molar-refractivity contribution in [3.8, 4) is 10.8 Å². The maximum atomic E-state index is 12.4. The largest absolute Gasteiger partial charge is 0.447 e. The summed E-state index contributed by atoms with van der Waals surface area (Å²) in [7, 11) is 0. The van der Waals surface area contributed by atoms with Crippen LogP contribution in [0.1, 0.15) is 16.1 Å². The van der Waals surface area contributed by atoms with E-state index in [2.05, 4.69) is 10.3 Å². The first-order valence-electron chi connectivity index (χ1n) is 8.01. The number of amides is 2. The molecule has 1 fully saturated rings. The summed E-state index contributed by atoms with van der Waals surface area (Å²) in [4.78, 5) is 30.9. The summed E-state index contributed by atoms with van der Waals surface area (Å²) < 4.78 is 10.4. The zero-order valence-corrected chi connectivity index (χ0v) is 14.5. The number of aromatic nitrogens is 1. The monoisotopic (exact) mass is 369 g/mol. The number of nitrogens with zero attached hydrogens (tertiary/aromatic N) is 2. The molecule has 1 aliphatic heterocycles. The Bertz CT molecular complexity index is 936. The number of cyclic esters (lactones) is 1. The lowest BCUT2D eigenvalue weighted by atomic mass is 10.1. The minimum absolute atomic E-state index is 0.250. The first-order chi connectivity index (χ1) is 12.7. The maximum absolute atomic E-state index is 12.4. The number of hydrogen-bond acceptors (Lipinski definition) is 6. The molecule has 132 valence electrons. The number of nitrogens with one attached hydrogen (secondary N) is 1. The van der Waals surface area contributed by atoms with Crippen LogP contribution in [0.2, 0.25) is 0 Å². The van der Waals surface area contributed by atoms with Crippen LogP contribution in [0.4, 0.5) is 10.5 Å². The number of anilines is 1. The Kier molecular flexibility index (Phi) is 4.40. The Labute approximate surface area is 153 Å². The van der Waals surface area contributed by atoms with E-state index < -0.39 is 6.09 Å². The summed E-state index contributed by atoms with van der Waals surface area (Å²) in [5.41, 5.74) is 1.74. The van der Waals surface area contributed by atoms with Crippen LogP contribution in [0.15, 0.2) is 52.5 Å². The molecule has 0 saturated carbocycles. The molecule has 1 N–H and O–H groups in total. The van der Waals surface area contributed by atoms with Gasteiger partial charge in [-0.2, -0.15) is 0 Å². The number of oxazole rings is 1. The lowest BCUT2D eigenvalue weighted by Gasteiger charge is -2.13. The molecule has 0 aliphatic carbocycles. The fraction of sp³-hybridized carbons (Fsp3) is 0.167. The Morgan fingerprint density at radius 2 is 2.23 bits per heavy atom. The highest BCUT2D eigenvalue weighted by Crippen LogP contribution is 2.24. The second kappa shape index (κ2) is 7.01. The van der Waals surface area contributed by atoms with Gasteiger partial charge in [-0.1, -0.05) is 12.1 Å². The molecule has 0 unspecified atom stereocenters. The predicted molar refractivity (Wildman–Crippen MR) is 96.1 cm³/mol. The molecule has 1 aromatic carbocycles. The van der Waals surface area contributed by atoms with Crippen molar-refractivity contribution in [2.45, 2.75) is 6.54 Å². The minimum Gasteiger partial charge on any atom is -0.447 e. The van der Waals surface area contributed by atoms with Crippen molar-refractivity contribution in [1.82, 2.24) is 10.3 Å². The summed E-state index contributed by atoms with van der Waals surface area (Å²) >= 11 is 1.54. The molecule has 4 rings (SSSR count). The van der Waals surface area contributed by atoms with Crippen molar-refractivity contribution in [3.05, 3.63) is 59.3 Å². The number of carbonyl (C=O) groups excluding carboxylic acids is 2. The topological polar surface area (TPSA) is 84.7 Å². The highest BCUT2D eigenvalue weighted by atomic mass is 32.1. The third-order valence-corrected chi connectivity index (χ3v) is 4.75. The molecular formula is C18H15N3O4S. The van der Waals surface area contributed by atoms with Crippen molar-refractivity contribution in [3.63, 3.8) is 0 Å². The van der Waals surface area contributed by atoms with E-state index in [1.54, 1.807) is 24.3 Å². The van der Waals surface area contributed by atoms with Gasteiger partial charge < -0.3 is 14.5 Å². The van der Waals surface area contributed by atoms with E-state index in [0.29, 0.717) is 36.0 Å². The second-order valence-corrected chi connectivity index (χ2v) is 6.57. The highest BCUT2D eigenvalue weighted by molar-refractivity contribution is 7.13. The minimum atomic E-state index is -0.397. The van der Waals surface area contributed by atoms with Gasteiger partial charge in [0.25, 0.3) is 5.91 Å². The summed E-state index contributed by atoms with van der Waals surface area (Å²) in [5.74, 6) is 0.291. The predicted octanol–water partition coefficient (Wildman–Crippen LogP) is 3.29. The van der Waals surface area contributed by atoms with Crippen molar-refractivity contribution >= 4 is 29.0 Å². The molecule has 3 heterocycles. The molecule has 7 nitrogen and oxygen atoms in total. The molecule has 2 amide bonds. The van der Waals surface area contributed by atoms with Crippen LogP contribution in [-0.4, -0.2) is 30.1 Å². The third-order valence-electron chi connectivity index (χ3n) is 3.89. The smallest absolute Gasteiger partial charge is 0.414 e. The lowest BCUT2D eigenvalue weighted by molar-refractivity contribution is 0.0950. The SMILES string of the molecule is O=C(NCc1coc(-c2cccs2)n1)c1cccc(N2CCOC2=O)c1. The number of thiophene rings is 1. The van der Waals surface area contributed by atoms with Gasteiger partial charge in [-0.25, -0.2) is 9.78 Å². The molecule has 0 spiro atoms. The van der Waals surface area contributed by atoms with Crippen molar-refractivity contribution in [2.24, 2.45) is 0 Å². The first-order valence-corrected chi connectivity index (χ1v) is 8.89. The van der Waals surface area contributed by atoms with E-state index in [9.17, 15) is 9.59 Å². The third kappa shape index (κ3) is 3.31. The van der Waals surface area contributed by atoms with Crippen LogP contribution in [0.3, 0.4) is 0 Å². The van der Waals surface area contributed by atoms with Crippen LogP contribution in [0.5, 0.6) is 0 Å². The molecule has 0 bridgehead atoms. The van der Waals surface area contributed by atoms with Crippen molar-refractivity contribution in [2.75, 3.05) is 18.1 Å². The van der Waals surface area contributed by atoms with Crippen molar-refractivity contribution < 1.29 is 18.7 Å². The summed E-state index contributed by atoms with van der Waals surface area (Å²) in [6.45, 7) is 1.09. The number of carbonyl (C=O) groups is 2. The lowest BCUT2D eigenvalue weighted by Crippen LogP contribution is -2.25. The Morgan fingerprint density at radius 1 is 1.31 bits per heavy atom. The molecule has 3 aromatic rings. The van der Waals surface area contributed by atoms with Gasteiger partial charge in [0.15, 0.2) is 0 Å². The fourth-order valence-electron chi connectivity index (χ4n) is 2.62. The van der Waals surface area contributed by atoms with E-state index in [1.807, 2.05) is 17.5 Å². The van der Waals surface area contributed by atoms with Crippen LogP contribution in [-0.2, 0) is 11.3 Å². The van der Waals surface area contributed by atoms with E-state index in [1.165, 1.54) is 22.5 Å². The van der Waals surface area contributed by atoms with Crippen LogP contribution in [0, 0.1) is 0 Å². The van der Waals surface area contributed by atoms with Crippen LogP contribution >= 0.6 is 11.3 Å². The van der Waals surface area contributed by atoms with E-state index in [-0.39, 0.29) is 12.5 Å². The van der Waals surface area contributed by atoms with E-state index in [0.717, 1.165) is 4.88 Å². The second-order valence-electron chi connectivity index (χ2n) is 5.62. The molecule has 0 radical (unpaired) electrons. The molecule has 0 atom stereocenters. The number of ether oxygens (including phenoxy) is 1. The van der Waals surface area contributed by atoms with Gasteiger partial charge in [-0.05, 0) is 29.6 Å². The molecule has 1 aliphatic rings. The van der Waals surface area contributed by atoms with E-state index >= 15 is 0 Å². The summed E-state index contributed by atoms with van der Waals surface area (Å²) in [5, 5.41) is 4.76. The van der Waals surface area contributed by atoms with Gasteiger partial charge in [-0.15, -0.1) is 11.3 Å². The highest BCUT2D eigenvalue weighted by Gasteiger charge is 2.24. The average Bonchev–Trinajstić information content (AvgIpc) is 3.40. The van der Waals surface area contributed by atoms with Gasteiger partial charge in [0.05, 0.1) is 23.7 Å². The quantitative estimate of drug-likeness (QED) is 0.746. The standard InChI is InChI=1S/C18H15N3O4S/c22-16(12-3-1-4-14(9-12)21-6-7-24-18(21)23)19-10-13-11-25-17(20-13)15-5-2-8-26-15/h1-5,8-9,11H,6-7,10H2,(H,19,22). The van der Waals surface area contributed by atoms with Crippen LogP contribution < -0.4 is 10.2 Å². The summed E-state index contributed by atoms with van der Waals surface area (Å²) in [6, 6.07) is 10.7. The fourth-order valence-corrected chi connectivity index (χ4v) is 3.27. The average molecular weight is 369 g/mol. The van der Waals surface area contributed by atoms with Gasteiger partial charge in [0.1, 0.15) is 12.9 Å². The molecule has 8 heteroatoms. The van der Waals surface area contributed by atoms with Gasteiger partial charge >= 0.3 is 6.09 Å². The molecular weight excluding hydrogens is 354 g/mol. The molecule has 26 heavy (non-hydrogen) atoms. The van der Waals surface area contributed by atoms with Gasteiger partial charge in [-0.3, -0.25) is 9.69 Å². The Morgan fingerprint density at radius 3 is 3.00 bits per heavy atom. The van der Waals surface area contributed by atoms with E-state index in [4.69, 9.17) is 9.15 Å². The molecule has 2 aromatic heterocycles. The molecule has 1 saturated heterocycles. The normalized spacial score (nSPS) is 13.7. The zero-order chi connectivity index (χ0) is 17.9. The van der Waals surface area contributed by atoms with Crippen LogP contribution in [0.25, 0.3) is 10.8 Å².